The van der Waals surface area contributed by atoms with Crippen LogP contribution in [0.1, 0.15) is 18.9 Å². The number of thioether (sulfide) groups is 1. The van der Waals surface area contributed by atoms with Gasteiger partial charge in [-0.1, -0.05) is 0 Å². The van der Waals surface area contributed by atoms with E-state index in [-0.39, 0.29) is 5.82 Å². The van der Waals surface area contributed by atoms with Crippen LogP contribution in [0.15, 0.2) is 48.5 Å². The van der Waals surface area contributed by atoms with Gasteiger partial charge in [0.2, 0.25) is 0 Å². The van der Waals surface area contributed by atoms with Gasteiger partial charge in [0.15, 0.2) is 6.54 Å². The lowest BCUT2D eigenvalue weighted by Gasteiger charge is -2.24. The Kier molecular flexibility index (Phi) is 4.63. The molecule has 2 aliphatic rings. The summed E-state index contributed by atoms with van der Waals surface area (Å²) in [4.78, 5) is 2.14. The Morgan fingerprint density at radius 2 is 1.92 bits per heavy atom. The number of nitrogens with zero attached hydrogens (tertiary/aromatic N) is 2. The number of amidine groups is 1. The van der Waals surface area contributed by atoms with Crippen molar-refractivity contribution in [1.82, 2.24) is 0 Å². The predicted octanol–water partition coefficient (Wildman–Crippen LogP) is 3.40. The molecule has 0 saturated heterocycles. The second-order valence-electron chi connectivity index (χ2n) is 6.47. The molecule has 0 amide bonds. The summed E-state index contributed by atoms with van der Waals surface area (Å²) in [5.41, 5.74) is 0.572. The minimum atomic E-state index is -1.16. The van der Waals surface area contributed by atoms with Crippen LogP contribution in [0.25, 0.3) is 0 Å². The zero-order valence-electron chi connectivity index (χ0n) is 14.7. The summed E-state index contributed by atoms with van der Waals surface area (Å²) in [5.74, 6) is 1.57. The number of rotatable bonds is 4. The van der Waals surface area contributed by atoms with Crippen molar-refractivity contribution < 1.29 is 18.8 Å². The summed E-state index contributed by atoms with van der Waals surface area (Å²) in [6, 6.07) is 14.1. The Morgan fingerprint density at radius 3 is 2.62 bits per heavy atom. The minimum absolute atomic E-state index is 0.295. The van der Waals surface area contributed by atoms with Gasteiger partial charge in [-0.2, -0.15) is 0 Å². The Labute approximate surface area is 156 Å². The Morgan fingerprint density at radius 1 is 1.19 bits per heavy atom. The van der Waals surface area contributed by atoms with Crippen LogP contribution in [0.5, 0.6) is 5.75 Å². The molecule has 0 aromatic heterocycles. The standard InChI is InChI=1S/C20H22FN2O2S/c1-2-25-18-10-8-17(9-11-18)22-14-20(24,15-4-6-16(21)7-5-15)23-12-3-13-26-19(22)23/h4-11,24H,2-3,12-14H2,1H3/q+1/t20-/m0/s1. The van der Waals surface area contributed by atoms with Crippen LogP contribution in [0.2, 0.25) is 0 Å². The average Bonchev–Trinajstić information content (AvgIpc) is 2.98. The second-order valence-corrected chi connectivity index (χ2v) is 7.53. The van der Waals surface area contributed by atoms with Crippen molar-refractivity contribution in [2.75, 3.05) is 30.3 Å². The van der Waals surface area contributed by atoms with Crippen LogP contribution in [-0.2, 0) is 5.72 Å². The molecule has 2 heterocycles. The molecule has 4 nitrogen and oxygen atoms in total. The van der Waals surface area contributed by atoms with Gasteiger partial charge in [0.05, 0.1) is 13.2 Å². The summed E-state index contributed by atoms with van der Waals surface area (Å²) in [6.07, 6.45) is 1.01. The van der Waals surface area contributed by atoms with Crippen molar-refractivity contribution in [3.63, 3.8) is 0 Å². The highest BCUT2D eigenvalue weighted by Crippen LogP contribution is 2.37. The molecule has 0 unspecified atom stereocenters. The van der Waals surface area contributed by atoms with E-state index in [1.807, 2.05) is 35.8 Å². The number of benzene rings is 2. The third-order valence-electron chi connectivity index (χ3n) is 4.81. The maximum Gasteiger partial charge on any atom is 0.316 e. The van der Waals surface area contributed by atoms with Crippen LogP contribution in [0.3, 0.4) is 0 Å². The average molecular weight is 373 g/mol. The number of hydrogen-bond donors (Lipinski definition) is 1. The molecule has 0 bridgehead atoms. The van der Waals surface area contributed by atoms with Gasteiger partial charge in [-0.3, -0.25) is 0 Å². The molecule has 2 aromatic rings. The first-order valence-corrected chi connectivity index (χ1v) is 9.86. The zero-order chi connectivity index (χ0) is 18.1. The van der Waals surface area contributed by atoms with Crippen molar-refractivity contribution in [2.24, 2.45) is 0 Å². The Hall–Kier alpha value is -2.05. The van der Waals surface area contributed by atoms with Gasteiger partial charge in [-0.15, -0.1) is 0 Å². The van der Waals surface area contributed by atoms with E-state index in [4.69, 9.17) is 4.74 Å². The summed E-state index contributed by atoms with van der Waals surface area (Å²) in [7, 11) is 0. The summed E-state index contributed by atoms with van der Waals surface area (Å²) < 4.78 is 20.9. The lowest BCUT2D eigenvalue weighted by molar-refractivity contribution is -0.656. The van der Waals surface area contributed by atoms with E-state index in [0.717, 1.165) is 35.3 Å². The van der Waals surface area contributed by atoms with E-state index in [1.54, 1.807) is 23.9 Å². The second kappa shape index (κ2) is 6.93. The normalized spacial score (nSPS) is 22.5. The lowest BCUT2D eigenvalue weighted by Crippen LogP contribution is -2.41. The van der Waals surface area contributed by atoms with Crippen LogP contribution in [0, 0.1) is 5.82 Å². The highest BCUT2D eigenvalue weighted by Gasteiger charge is 2.53. The number of aliphatic hydroxyl groups is 1. The minimum Gasteiger partial charge on any atom is -0.494 e. The van der Waals surface area contributed by atoms with Gasteiger partial charge >= 0.3 is 5.17 Å². The molecular formula is C20H22FN2O2S+. The largest absolute Gasteiger partial charge is 0.494 e. The molecule has 0 spiro atoms. The Balaban J connectivity index is 1.71. The van der Waals surface area contributed by atoms with Crippen molar-refractivity contribution >= 4 is 22.6 Å². The molecule has 1 N–H and O–H groups in total. The quantitative estimate of drug-likeness (QED) is 0.834. The van der Waals surface area contributed by atoms with Gasteiger partial charge < -0.3 is 9.84 Å². The summed E-state index contributed by atoms with van der Waals surface area (Å²) in [5, 5.41) is 12.6. The van der Waals surface area contributed by atoms with Crippen LogP contribution < -0.4 is 9.64 Å². The predicted molar refractivity (Wildman–Crippen MR) is 102 cm³/mol. The van der Waals surface area contributed by atoms with Gasteiger partial charge in [0.25, 0.3) is 5.72 Å². The molecule has 1 atom stereocenters. The van der Waals surface area contributed by atoms with Crippen LogP contribution >= 0.6 is 11.8 Å². The molecule has 0 radical (unpaired) electrons. The molecule has 136 valence electrons. The fourth-order valence-corrected chi connectivity index (χ4v) is 4.73. The van der Waals surface area contributed by atoms with Crippen molar-refractivity contribution in [2.45, 2.75) is 19.1 Å². The van der Waals surface area contributed by atoms with Gasteiger partial charge in [0.1, 0.15) is 17.3 Å². The molecular weight excluding hydrogens is 351 g/mol. The third-order valence-corrected chi connectivity index (χ3v) is 6.00. The topological polar surface area (TPSA) is 35.7 Å². The van der Waals surface area contributed by atoms with E-state index in [9.17, 15) is 9.50 Å². The Bertz CT molecular complexity index is 823. The van der Waals surface area contributed by atoms with E-state index in [1.165, 1.54) is 12.1 Å². The van der Waals surface area contributed by atoms with Crippen LogP contribution in [0.4, 0.5) is 10.1 Å². The molecule has 2 aromatic carbocycles. The van der Waals surface area contributed by atoms with Gasteiger partial charge in [0, 0.05) is 11.3 Å². The lowest BCUT2D eigenvalue weighted by atomic mass is 10.0. The molecule has 0 fully saturated rings. The first-order valence-electron chi connectivity index (χ1n) is 8.88. The van der Waals surface area contributed by atoms with E-state index < -0.39 is 5.72 Å². The molecule has 26 heavy (non-hydrogen) atoms. The highest BCUT2D eigenvalue weighted by atomic mass is 32.2. The monoisotopic (exact) mass is 373 g/mol. The van der Waals surface area contributed by atoms with Crippen LogP contribution in [-0.4, -0.2) is 40.3 Å². The first-order chi connectivity index (χ1) is 12.6. The SMILES string of the molecule is CCOc1ccc(N2C[C@](O)(c3ccc(F)cc3)[N+]3=C2SCCC3)cc1. The fourth-order valence-electron chi connectivity index (χ4n) is 3.55. The van der Waals surface area contributed by atoms with Gasteiger partial charge in [-0.25, -0.2) is 13.9 Å². The van der Waals surface area contributed by atoms with Crippen molar-refractivity contribution in [3.05, 3.63) is 59.9 Å². The van der Waals surface area contributed by atoms with Crippen molar-refractivity contribution in [1.29, 1.82) is 0 Å². The van der Waals surface area contributed by atoms with E-state index in [0.29, 0.717) is 18.7 Å². The van der Waals surface area contributed by atoms with Crippen molar-refractivity contribution in [3.8, 4) is 5.75 Å². The zero-order valence-corrected chi connectivity index (χ0v) is 15.5. The number of β-amino-alcohol motifs (C(OH)–C–C–N with tert-alkyl or cyclic N) is 1. The summed E-state index contributed by atoms with van der Waals surface area (Å²) in [6.45, 7) is 3.79. The number of ether oxygens (including phenoxy) is 1. The maximum atomic E-state index is 13.3. The smallest absolute Gasteiger partial charge is 0.316 e. The third kappa shape index (κ3) is 2.97. The molecule has 2 aliphatic heterocycles. The molecule has 6 heteroatoms. The molecule has 4 rings (SSSR count). The maximum absolute atomic E-state index is 13.3. The summed E-state index contributed by atoms with van der Waals surface area (Å²) >= 11 is 1.75. The number of hydrogen-bond acceptors (Lipinski definition) is 4. The van der Waals surface area contributed by atoms with E-state index in [2.05, 4.69) is 4.90 Å². The van der Waals surface area contributed by atoms with E-state index >= 15 is 0 Å². The number of halogens is 1. The highest BCUT2D eigenvalue weighted by molar-refractivity contribution is 8.13. The molecule has 0 saturated carbocycles. The first kappa shape index (κ1) is 17.4. The fraction of sp³-hybridized carbons (Fsp3) is 0.350. The molecule has 0 aliphatic carbocycles. The number of anilines is 1. The van der Waals surface area contributed by atoms with Gasteiger partial charge in [-0.05, 0) is 73.6 Å².